The number of hydrogen-bond acceptors (Lipinski definition) is 3. The molecule has 106 valence electrons. The van der Waals surface area contributed by atoms with Gasteiger partial charge in [0.15, 0.2) is 0 Å². The van der Waals surface area contributed by atoms with Crippen molar-refractivity contribution in [2.75, 3.05) is 33.4 Å². The molecule has 3 nitrogen and oxygen atoms in total. The summed E-state index contributed by atoms with van der Waals surface area (Å²) in [6, 6.07) is 5.07. The minimum absolute atomic E-state index is 0.152. The topological polar surface area (TPSA) is 30.5 Å². The lowest BCUT2D eigenvalue weighted by atomic mass is 9.95. The highest BCUT2D eigenvalue weighted by molar-refractivity contribution is 6.30. The van der Waals surface area contributed by atoms with E-state index in [1.165, 1.54) is 0 Å². The highest BCUT2D eigenvalue weighted by Crippen LogP contribution is 2.36. The van der Waals surface area contributed by atoms with Gasteiger partial charge in [-0.2, -0.15) is 0 Å². The summed E-state index contributed by atoms with van der Waals surface area (Å²) in [7, 11) is 1.67. The van der Waals surface area contributed by atoms with Gasteiger partial charge in [0.25, 0.3) is 0 Å². The minimum atomic E-state index is -0.363. The number of rotatable bonds is 6. The van der Waals surface area contributed by atoms with Gasteiger partial charge in [-0.15, -0.1) is 0 Å². The lowest BCUT2D eigenvalue weighted by Crippen LogP contribution is -2.28. The van der Waals surface area contributed by atoms with Crippen LogP contribution in [0.4, 0.5) is 4.39 Å². The molecule has 0 amide bonds. The van der Waals surface area contributed by atoms with Crippen molar-refractivity contribution in [2.45, 2.75) is 12.5 Å². The highest BCUT2D eigenvalue weighted by atomic mass is 35.5. The average Bonchev–Trinajstić information content (AvgIpc) is 2.86. The van der Waals surface area contributed by atoms with Gasteiger partial charge in [0, 0.05) is 38.3 Å². The maximum atomic E-state index is 14.0. The van der Waals surface area contributed by atoms with E-state index in [0.717, 1.165) is 19.5 Å². The van der Waals surface area contributed by atoms with Gasteiger partial charge in [-0.05, 0) is 12.5 Å². The van der Waals surface area contributed by atoms with Gasteiger partial charge in [-0.3, -0.25) is 0 Å². The van der Waals surface area contributed by atoms with Crippen molar-refractivity contribution in [3.05, 3.63) is 34.6 Å². The summed E-state index contributed by atoms with van der Waals surface area (Å²) in [5.74, 6) is -0.0946. The molecule has 2 atom stereocenters. The summed E-state index contributed by atoms with van der Waals surface area (Å²) in [6.45, 7) is 2.91. The molecule has 0 aliphatic carbocycles. The van der Waals surface area contributed by atoms with Crippen LogP contribution in [0.2, 0.25) is 5.02 Å². The Morgan fingerprint density at radius 2 is 2.37 bits per heavy atom. The summed E-state index contributed by atoms with van der Waals surface area (Å²) in [6.07, 6.45) is 0.713. The van der Waals surface area contributed by atoms with E-state index in [4.69, 9.17) is 21.1 Å². The first-order valence-corrected chi connectivity index (χ1v) is 6.87. The first-order chi connectivity index (χ1) is 9.24. The predicted octanol–water partition coefficient (Wildman–Crippen LogP) is 2.79. The van der Waals surface area contributed by atoms with Gasteiger partial charge in [0.05, 0.1) is 17.7 Å². The fourth-order valence-electron chi connectivity index (χ4n) is 2.39. The van der Waals surface area contributed by atoms with E-state index in [2.05, 4.69) is 5.32 Å². The maximum Gasteiger partial charge on any atom is 0.147 e. The largest absolute Gasteiger partial charge is 0.383 e. The van der Waals surface area contributed by atoms with Crippen molar-refractivity contribution in [3.8, 4) is 0 Å². The third-order valence-corrected chi connectivity index (χ3v) is 3.68. The van der Waals surface area contributed by atoms with E-state index < -0.39 is 0 Å². The van der Waals surface area contributed by atoms with Crippen LogP contribution in [0.3, 0.4) is 0 Å². The van der Waals surface area contributed by atoms with Crippen LogP contribution in [0, 0.1) is 11.7 Å². The smallest absolute Gasteiger partial charge is 0.147 e. The van der Waals surface area contributed by atoms with Crippen molar-refractivity contribution in [1.82, 2.24) is 5.32 Å². The monoisotopic (exact) mass is 287 g/mol. The summed E-state index contributed by atoms with van der Waals surface area (Å²) < 4.78 is 24.7. The molecular formula is C14H19ClFNO2. The van der Waals surface area contributed by atoms with Crippen molar-refractivity contribution >= 4 is 11.6 Å². The third kappa shape index (κ3) is 3.66. The quantitative estimate of drug-likeness (QED) is 0.816. The minimum Gasteiger partial charge on any atom is -0.383 e. The molecule has 0 bridgehead atoms. The molecule has 1 aliphatic rings. The first kappa shape index (κ1) is 14.7. The van der Waals surface area contributed by atoms with Crippen LogP contribution in [-0.4, -0.2) is 33.4 Å². The molecule has 1 aliphatic heterocycles. The fraction of sp³-hybridized carbons (Fsp3) is 0.571. The van der Waals surface area contributed by atoms with E-state index in [0.29, 0.717) is 18.8 Å². The summed E-state index contributed by atoms with van der Waals surface area (Å²) in [5.41, 5.74) is 0.559. The van der Waals surface area contributed by atoms with Crippen LogP contribution < -0.4 is 5.32 Å². The molecule has 5 heteroatoms. The third-order valence-electron chi connectivity index (χ3n) is 3.39. The fourth-order valence-corrected chi connectivity index (χ4v) is 2.57. The lowest BCUT2D eigenvalue weighted by Gasteiger charge is -2.20. The molecule has 0 aromatic heterocycles. The van der Waals surface area contributed by atoms with Gasteiger partial charge >= 0.3 is 0 Å². The molecule has 2 unspecified atom stereocenters. The second-order valence-electron chi connectivity index (χ2n) is 4.68. The van der Waals surface area contributed by atoms with E-state index in [9.17, 15) is 4.39 Å². The molecule has 1 saturated heterocycles. The van der Waals surface area contributed by atoms with Gasteiger partial charge < -0.3 is 14.8 Å². The Morgan fingerprint density at radius 1 is 1.53 bits per heavy atom. The zero-order valence-electron chi connectivity index (χ0n) is 11.0. The number of halogens is 2. The molecule has 1 aromatic rings. The molecule has 2 rings (SSSR count). The van der Waals surface area contributed by atoms with Gasteiger partial charge in [0.2, 0.25) is 0 Å². The Hall–Kier alpha value is -0.680. The standard InChI is InChI=1S/C14H19ClFNO2/c1-18-8-6-17-9-10-5-7-19-14(10)11-3-2-4-12(15)13(11)16/h2-4,10,14,17H,5-9H2,1H3. The Morgan fingerprint density at radius 3 is 3.16 bits per heavy atom. The predicted molar refractivity (Wildman–Crippen MR) is 73.0 cm³/mol. The van der Waals surface area contributed by atoms with Crippen LogP contribution in [0.15, 0.2) is 18.2 Å². The summed E-state index contributed by atoms with van der Waals surface area (Å²) in [5, 5.41) is 3.45. The second kappa shape index (κ2) is 7.20. The number of nitrogens with one attached hydrogen (secondary N) is 1. The number of ether oxygens (including phenoxy) is 2. The van der Waals surface area contributed by atoms with E-state index in [-0.39, 0.29) is 22.9 Å². The molecule has 0 radical (unpaired) electrons. The average molecular weight is 288 g/mol. The Balaban J connectivity index is 2.00. The summed E-state index contributed by atoms with van der Waals surface area (Å²) in [4.78, 5) is 0. The summed E-state index contributed by atoms with van der Waals surface area (Å²) >= 11 is 5.82. The van der Waals surface area contributed by atoms with Crippen molar-refractivity contribution in [2.24, 2.45) is 5.92 Å². The first-order valence-electron chi connectivity index (χ1n) is 6.49. The van der Waals surface area contributed by atoms with E-state index >= 15 is 0 Å². The normalized spacial score (nSPS) is 22.9. The maximum absolute atomic E-state index is 14.0. The highest BCUT2D eigenvalue weighted by Gasteiger charge is 2.31. The van der Waals surface area contributed by atoms with Crippen LogP contribution >= 0.6 is 11.6 Å². The molecule has 0 spiro atoms. The van der Waals surface area contributed by atoms with Gasteiger partial charge in [-0.25, -0.2) is 4.39 Å². The molecule has 1 aromatic carbocycles. The number of benzene rings is 1. The zero-order valence-corrected chi connectivity index (χ0v) is 11.8. The van der Waals surface area contributed by atoms with Crippen LogP contribution in [0.5, 0.6) is 0 Å². The van der Waals surface area contributed by atoms with E-state index in [1.54, 1.807) is 25.3 Å². The van der Waals surface area contributed by atoms with Crippen molar-refractivity contribution < 1.29 is 13.9 Å². The van der Waals surface area contributed by atoms with Crippen LogP contribution in [0.25, 0.3) is 0 Å². The Labute approximate surface area is 118 Å². The molecule has 1 heterocycles. The van der Waals surface area contributed by atoms with E-state index in [1.807, 2.05) is 0 Å². The van der Waals surface area contributed by atoms with Crippen molar-refractivity contribution in [1.29, 1.82) is 0 Å². The van der Waals surface area contributed by atoms with Crippen LogP contribution in [0.1, 0.15) is 18.1 Å². The molecule has 1 N–H and O–H groups in total. The SMILES string of the molecule is COCCNCC1CCOC1c1cccc(Cl)c1F. The van der Waals surface area contributed by atoms with Crippen molar-refractivity contribution in [3.63, 3.8) is 0 Å². The van der Waals surface area contributed by atoms with Gasteiger partial charge in [0.1, 0.15) is 5.82 Å². The lowest BCUT2D eigenvalue weighted by molar-refractivity contribution is 0.0869. The number of hydrogen-bond donors (Lipinski definition) is 1. The second-order valence-corrected chi connectivity index (χ2v) is 5.09. The Kier molecular flexibility index (Phi) is 5.58. The van der Waals surface area contributed by atoms with Crippen LogP contribution in [-0.2, 0) is 9.47 Å². The Bertz CT molecular complexity index is 416. The number of methoxy groups -OCH3 is 1. The molecule has 0 saturated carbocycles. The molecular weight excluding hydrogens is 269 g/mol. The molecule has 1 fully saturated rings. The zero-order chi connectivity index (χ0) is 13.7. The molecule has 19 heavy (non-hydrogen) atoms. The van der Waals surface area contributed by atoms with Gasteiger partial charge in [-0.1, -0.05) is 23.7 Å².